The van der Waals surface area contributed by atoms with Crippen LogP contribution in [0.5, 0.6) is 0 Å². The Morgan fingerprint density at radius 1 is 0.655 bits per heavy atom. The Balaban J connectivity index is 3.69. The molecule has 0 bridgehead atoms. The fourth-order valence-electron chi connectivity index (χ4n) is 4.19. The monoisotopic (exact) mass is 410 g/mol. The molecule has 29 heavy (non-hydrogen) atoms. The summed E-state index contributed by atoms with van der Waals surface area (Å²) in [5, 5.41) is 0. The molecule has 0 fully saturated rings. The van der Waals surface area contributed by atoms with Crippen LogP contribution in [0, 0.1) is 17.3 Å². The Morgan fingerprint density at radius 2 is 1.00 bits per heavy atom. The maximum atomic E-state index is 12.6. The lowest BCUT2D eigenvalue weighted by molar-refractivity contribution is -0.165. The van der Waals surface area contributed by atoms with Crippen molar-refractivity contribution in [1.82, 2.24) is 0 Å². The third-order valence-electron chi connectivity index (χ3n) is 6.27. The van der Waals surface area contributed by atoms with E-state index in [2.05, 4.69) is 48.5 Å². The molecule has 2 nitrogen and oxygen atoms in total. The number of ether oxygens (including phenoxy) is 1. The summed E-state index contributed by atoms with van der Waals surface area (Å²) in [6.07, 6.45) is 20.1. The zero-order valence-electron chi connectivity index (χ0n) is 21.2. The molecule has 0 unspecified atom stereocenters. The van der Waals surface area contributed by atoms with E-state index in [1.54, 1.807) is 0 Å². The number of carbonyl (C=O) groups is 1. The van der Waals surface area contributed by atoms with Crippen molar-refractivity contribution in [3.8, 4) is 0 Å². The Bertz CT molecular complexity index is 376. The van der Waals surface area contributed by atoms with E-state index in [0.717, 1.165) is 12.8 Å². The predicted molar refractivity (Wildman–Crippen MR) is 128 cm³/mol. The van der Waals surface area contributed by atoms with Crippen LogP contribution in [0.3, 0.4) is 0 Å². The lowest BCUT2D eigenvalue weighted by atomic mass is 9.86. The molecule has 0 aromatic carbocycles. The van der Waals surface area contributed by atoms with Crippen molar-refractivity contribution < 1.29 is 9.53 Å². The van der Waals surface area contributed by atoms with Gasteiger partial charge in [0.1, 0.15) is 6.10 Å². The molecular formula is C27H54O2. The van der Waals surface area contributed by atoms with Crippen LogP contribution in [0.15, 0.2) is 0 Å². The Morgan fingerprint density at radius 3 is 1.34 bits per heavy atom. The molecule has 0 radical (unpaired) electrons. The molecule has 0 aliphatic carbocycles. The molecular weight excluding hydrogens is 356 g/mol. The summed E-state index contributed by atoms with van der Waals surface area (Å²) in [5.41, 5.74) is -0.362. The normalized spacial score (nSPS) is 12.3. The van der Waals surface area contributed by atoms with Gasteiger partial charge in [-0.3, -0.25) is 4.79 Å². The predicted octanol–water partition coefficient (Wildman–Crippen LogP) is 9.11. The van der Waals surface area contributed by atoms with Gasteiger partial charge in [-0.25, -0.2) is 0 Å². The molecule has 0 spiro atoms. The van der Waals surface area contributed by atoms with Crippen molar-refractivity contribution >= 4 is 5.97 Å². The van der Waals surface area contributed by atoms with Gasteiger partial charge in [-0.1, -0.05) is 125 Å². The maximum absolute atomic E-state index is 12.6. The van der Waals surface area contributed by atoms with Crippen molar-refractivity contribution in [2.24, 2.45) is 17.3 Å². The minimum atomic E-state index is -0.362. The first-order valence-electron chi connectivity index (χ1n) is 12.9. The summed E-state index contributed by atoms with van der Waals surface area (Å²) in [6, 6.07) is 0. The van der Waals surface area contributed by atoms with Crippen LogP contribution < -0.4 is 0 Å². The summed E-state index contributed by atoms with van der Waals surface area (Å²) in [5.74, 6) is 0.728. The zero-order chi connectivity index (χ0) is 22.1. The molecule has 0 aliphatic rings. The lowest BCUT2D eigenvalue weighted by Crippen LogP contribution is -2.35. The van der Waals surface area contributed by atoms with Crippen LogP contribution in [0.4, 0.5) is 0 Å². The molecule has 0 rings (SSSR count). The minimum absolute atomic E-state index is 0.0143. The number of hydrogen-bond donors (Lipinski definition) is 0. The number of carbonyl (C=O) groups excluding carboxylic acids is 1. The summed E-state index contributed by atoms with van der Waals surface area (Å²) in [6.45, 7) is 14.9. The molecule has 174 valence electrons. The molecule has 0 aromatic heterocycles. The standard InChI is InChI=1S/C27H54O2/c1-8-9-10-11-12-13-14-15-16-17-18-19-20-21-22-27(6,7)26(28)29-25(23(2)3)24(4)5/h23-25H,8-22H2,1-7H3. The van der Waals surface area contributed by atoms with E-state index in [1.165, 1.54) is 83.5 Å². The first-order chi connectivity index (χ1) is 13.7. The first kappa shape index (κ1) is 28.5. The van der Waals surface area contributed by atoms with Gasteiger partial charge in [0.05, 0.1) is 5.41 Å². The Hall–Kier alpha value is -0.530. The highest BCUT2D eigenvalue weighted by Gasteiger charge is 2.32. The van der Waals surface area contributed by atoms with E-state index >= 15 is 0 Å². The highest BCUT2D eigenvalue weighted by Crippen LogP contribution is 2.28. The average Bonchev–Trinajstić information content (AvgIpc) is 2.65. The van der Waals surface area contributed by atoms with Crippen LogP contribution in [0.25, 0.3) is 0 Å². The van der Waals surface area contributed by atoms with Crippen molar-refractivity contribution in [2.75, 3.05) is 0 Å². The Kier molecular flexibility index (Phi) is 16.9. The van der Waals surface area contributed by atoms with Crippen molar-refractivity contribution in [2.45, 2.75) is 151 Å². The van der Waals surface area contributed by atoms with Crippen molar-refractivity contribution in [1.29, 1.82) is 0 Å². The Labute approximate surface area is 184 Å². The van der Waals surface area contributed by atoms with Gasteiger partial charge >= 0.3 is 5.97 Å². The van der Waals surface area contributed by atoms with E-state index in [0.29, 0.717) is 11.8 Å². The van der Waals surface area contributed by atoms with Crippen LogP contribution in [0.2, 0.25) is 0 Å². The summed E-state index contributed by atoms with van der Waals surface area (Å²) in [7, 11) is 0. The van der Waals surface area contributed by atoms with Crippen LogP contribution >= 0.6 is 0 Å². The second kappa shape index (κ2) is 17.2. The summed E-state index contributed by atoms with van der Waals surface area (Å²) >= 11 is 0. The van der Waals surface area contributed by atoms with Crippen LogP contribution in [-0.2, 0) is 9.53 Å². The van der Waals surface area contributed by atoms with Gasteiger partial charge in [0, 0.05) is 0 Å². The number of esters is 1. The molecule has 0 heterocycles. The largest absolute Gasteiger partial charge is 0.461 e. The number of unbranched alkanes of at least 4 members (excludes halogenated alkanes) is 13. The molecule has 0 saturated carbocycles. The van der Waals surface area contributed by atoms with Crippen LogP contribution in [0.1, 0.15) is 145 Å². The zero-order valence-corrected chi connectivity index (χ0v) is 21.2. The third-order valence-corrected chi connectivity index (χ3v) is 6.27. The quantitative estimate of drug-likeness (QED) is 0.157. The highest BCUT2D eigenvalue weighted by molar-refractivity contribution is 5.76. The smallest absolute Gasteiger partial charge is 0.311 e. The fraction of sp³-hybridized carbons (Fsp3) is 0.963. The van der Waals surface area contributed by atoms with Crippen LogP contribution in [-0.4, -0.2) is 12.1 Å². The van der Waals surface area contributed by atoms with Gasteiger partial charge in [0.2, 0.25) is 0 Å². The number of rotatable bonds is 19. The summed E-state index contributed by atoms with van der Waals surface area (Å²) in [4.78, 5) is 12.6. The van der Waals surface area contributed by atoms with Gasteiger partial charge in [-0.05, 0) is 32.1 Å². The molecule has 0 N–H and O–H groups in total. The topological polar surface area (TPSA) is 26.3 Å². The third kappa shape index (κ3) is 15.0. The van der Waals surface area contributed by atoms with E-state index < -0.39 is 0 Å². The van der Waals surface area contributed by atoms with Gasteiger partial charge in [-0.2, -0.15) is 0 Å². The van der Waals surface area contributed by atoms with Gasteiger partial charge in [0.25, 0.3) is 0 Å². The highest BCUT2D eigenvalue weighted by atomic mass is 16.5. The molecule has 0 aromatic rings. The summed E-state index contributed by atoms with van der Waals surface area (Å²) < 4.78 is 5.87. The fourth-order valence-corrected chi connectivity index (χ4v) is 4.19. The number of hydrogen-bond acceptors (Lipinski definition) is 2. The van der Waals surface area contributed by atoms with Gasteiger partial charge < -0.3 is 4.74 Å². The minimum Gasteiger partial charge on any atom is -0.461 e. The molecule has 0 amide bonds. The van der Waals surface area contributed by atoms with Gasteiger partial charge in [0.15, 0.2) is 0 Å². The first-order valence-corrected chi connectivity index (χ1v) is 12.9. The van der Waals surface area contributed by atoms with E-state index in [4.69, 9.17) is 4.74 Å². The molecule has 2 heteroatoms. The van der Waals surface area contributed by atoms with E-state index in [9.17, 15) is 4.79 Å². The van der Waals surface area contributed by atoms with Crippen molar-refractivity contribution in [3.05, 3.63) is 0 Å². The molecule has 0 saturated heterocycles. The lowest BCUT2D eigenvalue weighted by Gasteiger charge is -2.30. The molecule has 0 aliphatic heterocycles. The SMILES string of the molecule is CCCCCCCCCCCCCCCCC(C)(C)C(=O)OC(C(C)C)C(C)C. The average molecular weight is 411 g/mol. The molecule has 0 atom stereocenters. The maximum Gasteiger partial charge on any atom is 0.311 e. The second-order valence-corrected chi connectivity index (χ2v) is 10.6. The van der Waals surface area contributed by atoms with Gasteiger partial charge in [-0.15, -0.1) is 0 Å². The van der Waals surface area contributed by atoms with E-state index in [1.807, 2.05) is 0 Å². The second-order valence-electron chi connectivity index (χ2n) is 10.6. The van der Waals surface area contributed by atoms with E-state index in [-0.39, 0.29) is 17.5 Å². The van der Waals surface area contributed by atoms with Crippen molar-refractivity contribution in [3.63, 3.8) is 0 Å².